The third kappa shape index (κ3) is 5.10. The Bertz CT molecular complexity index is 599. The molecule has 7 heteroatoms. The zero-order valence-corrected chi connectivity index (χ0v) is 12.8. The van der Waals surface area contributed by atoms with Crippen molar-refractivity contribution in [2.75, 3.05) is 26.3 Å². The molecule has 0 atom stereocenters. The number of hydrogen-bond donors (Lipinski definition) is 2. The molecule has 0 aromatic carbocycles. The van der Waals surface area contributed by atoms with E-state index in [9.17, 15) is 8.42 Å². The lowest BCUT2D eigenvalue weighted by Crippen LogP contribution is -2.34. The summed E-state index contributed by atoms with van der Waals surface area (Å²) in [6, 6.07) is 1.45. The Kier molecular flexibility index (Phi) is 7.32. The molecule has 0 spiro atoms. The molecule has 1 rings (SSSR count). The molecule has 0 aliphatic carbocycles. The van der Waals surface area contributed by atoms with Gasteiger partial charge in [-0.25, -0.2) is 8.42 Å². The molecule has 0 aliphatic heterocycles. The lowest BCUT2D eigenvalue weighted by Gasteiger charge is -2.20. The molecule has 116 valence electrons. The molecule has 0 fully saturated rings. The highest BCUT2D eigenvalue weighted by Crippen LogP contribution is 2.16. The van der Waals surface area contributed by atoms with E-state index in [1.165, 1.54) is 22.8 Å². The first-order valence-corrected chi connectivity index (χ1v) is 8.16. The van der Waals surface area contributed by atoms with Gasteiger partial charge in [0.25, 0.3) is 0 Å². The smallest absolute Gasteiger partial charge is 0.244 e. The van der Waals surface area contributed by atoms with E-state index in [2.05, 4.69) is 16.8 Å². The van der Waals surface area contributed by atoms with Crippen LogP contribution in [-0.4, -0.2) is 54.2 Å². The van der Waals surface area contributed by atoms with Crippen LogP contribution in [-0.2, 0) is 10.0 Å². The fourth-order valence-corrected chi connectivity index (χ4v) is 3.22. The Hall–Kier alpha value is -1.46. The highest BCUT2D eigenvalue weighted by atomic mass is 32.2. The van der Waals surface area contributed by atoms with Crippen LogP contribution < -0.4 is 0 Å². The number of sulfonamides is 1. The maximum Gasteiger partial charge on any atom is 0.244 e. The normalized spacial score (nSPS) is 11.2. The average molecular weight is 312 g/mol. The number of rotatable bonds is 7. The van der Waals surface area contributed by atoms with Crippen LogP contribution >= 0.6 is 0 Å². The second kappa shape index (κ2) is 8.74. The lowest BCUT2D eigenvalue weighted by atomic mass is 10.3. The summed E-state index contributed by atoms with van der Waals surface area (Å²) in [5.74, 6) is 5.48. The van der Waals surface area contributed by atoms with Gasteiger partial charge in [0.2, 0.25) is 10.0 Å². The van der Waals surface area contributed by atoms with E-state index in [0.717, 1.165) is 0 Å². The molecule has 0 saturated heterocycles. The van der Waals surface area contributed by atoms with Gasteiger partial charge in [0.1, 0.15) is 4.90 Å². The predicted molar refractivity (Wildman–Crippen MR) is 79.0 cm³/mol. The van der Waals surface area contributed by atoms with Crippen molar-refractivity contribution in [2.24, 2.45) is 0 Å². The molecule has 0 aliphatic rings. The number of nitrogens with zero attached hydrogens (tertiary/aromatic N) is 2. The summed E-state index contributed by atoms with van der Waals surface area (Å²) in [6.07, 6.45) is 3.72. The summed E-state index contributed by atoms with van der Waals surface area (Å²) < 4.78 is 26.2. The summed E-state index contributed by atoms with van der Waals surface area (Å²) >= 11 is 0. The van der Waals surface area contributed by atoms with E-state index >= 15 is 0 Å². The molecule has 1 aromatic heterocycles. The van der Waals surface area contributed by atoms with Gasteiger partial charge in [0, 0.05) is 37.5 Å². The third-order valence-electron chi connectivity index (χ3n) is 2.64. The minimum Gasteiger partial charge on any atom is -0.395 e. The number of aromatic nitrogens is 1. The molecule has 2 N–H and O–H groups in total. The number of aliphatic hydroxyl groups is 2. The SMILES string of the molecule is CCCN(CCO)S(=O)(=O)c1cncc(C#CCCO)c1. The van der Waals surface area contributed by atoms with Crippen molar-refractivity contribution in [1.82, 2.24) is 9.29 Å². The molecule has 6 nitrogen and oxygen atoms in total. The third-order valence-corrected chi connectivity index (χ3v) is 4.51. The predicted octanol–water partition coefficient (Wildman–Crippen LogP) is 0.208. The van der Waals surface area contributed by atoms with E-state index in [1.807, 2.05) is 6.92 Å². The van der Waals surface area contributed by atoms with E-state index < -0.39 is 10.0 Å². The van der Waals surface area contributed by atoms with Crippen LogP contribution in [0.5, 0.6) is 0 Å². The average Bonchev–Trinajstić information content (AvgIpc) is 2.47. The standard InChI is InChI=1S/C14H20N2O4S/c1-2-6-16(7-9-18)21(19,20)14-10-13(11-15-12-14)5-3-4-8-17/h10-12,17-18H,2,4,6-9H2,1H3. The lowest BCUT2D eigenvalue weighted by molar-refractivity contribution is 0.253. The van der Waals surface area contributed by atoms with Crippen LogP contribution in [0, 0.1) is 11.8 Å². The van der Waals surface area contributed by atoms with E-state index in [0.29, 0.717) is 24.9 Å². The summed E-state index contributed by atoms with van der Waals surface area (Å²) in [5, 5.41) is 17.7. The van der Waals surface area contributed by atoms with Crippen molar-refractivity contribution >= 4 is 10.0 Å². The Morgan fingerprint density at radius 1 is 1.24 bits per heavy atom. The summed E-state index contributed by atoms with van der Waals surface area (Å²) in [6.45, 7) is 1.98. The van der Waals surface area contributed by atoms with Gasteiger partial charge < -0.3 is 10.2 Å². The van der Waals surface area contributed by atoms with Gasteiger partial charge in [-0.3, -0.25) is 4.98 Å². The van der Waals surface area contributed by atoms with Gasteiger partial charge in [-0.05, 0) is 12.5 Å². The van der Waals surface area contributed by atoms with Gasteiger partial charge in [-0.1, -0.05) is 18.8 Å². The van der Waals surface area contributed by atoms with Crippen LogP contribution in [0.2, 0.25) is 0 Å². The Balaban J connectivity index is 3.08. The van der Waals surface area contributed by atoms with Crippen LogP contribution in [0.1, 0.15) is 25.3 Å². The van der Waals surface area contributed by atoms with Crippen molar-refractivity contribution in [2.45, 2.75) is 24.7 Å². The molecule has 1 heterocycles. The number of hydrogen-bond acceptors (Lipinski definition) is 5. The zero-order chi connectivity index (χ0) is 15.7. The fraction of sp³-hybridized carbons (Fsp3) is 0.500. The summed E-state index contributed by atoms with van der Waals surface area (Å²) in [5.41, 5.74) is 0.477. The molecule has 0 radical (unpaired) electrons. The quantitative estimate of drug-likeness (QED) is 0.702. The van der Waals surface area contributed by atoms with E-state index in [4.69, 9.17) is 10.2 Å². The fourth-order valence-electron chi connectivity index (χ4n) is 1.71. The molecule has 0 unspecified atom stereocenters. The summed E-state index contributed by atoms with van der Waals surface area (Å²) in [4.78, 5) is 3.95. The van der Waals surface area contributed by atoms with Gasteiger partial charge in [0.05, 0.1) is 13.2 Å². The minimum absolute atomic E-state index is 0.0425. The second-order valence-electron chi connectivity index (χ2n) is 4.31. The topological polar surface area (TPSA) is 90.7 Å². The Morgan fingerprint density at radius 2 is 2.00 bits per heavy atom. The molecule has 0 saturated carbocycles. The van der Waals surface area contributed by atoms with Crippen LogP contribution in [0.25, 0.3) is 0 Å². The van der Waals surface area contributed by atoms with E-state index in [-0.39, 0.29) is 24.7 Å². The van der Waals surface area contributed by atoms with Crippen molar-refractivity contribution in [3.05, 3.63) is 24.0 Å². The van der Waals surface area contributed by atoms with Crippen LogP contribution in [0.4, 0.5) is 0 Å². The van der Waals surface area contributed by atoms with Crippen molar-refractivity contribution in [1.29, 1.82) is 0 Å². The molecule has 1 aromatic rings. The van der Waals surface area contributed by atoms with E-state index in [1.54, 1.807) is 0 Å². The monoisotopic (exact) mass is 312 g/mol. The molecular formula is C14H20N2O4S. The Labute approximate surface area is 125 Å². The maximum absolute atomic E-state index is 12.5. The Morgan fingerprint density at radius 3 is 2.62 bits per heavy atom. The largest absolute Gasteiger partial charge is 0.395 e. The molecule has 21 heavy (non-hydrogen) atoms. The molecule has 0 amide bonds. The first-order chi connectivity index (χ1) is 10.1. The first kappa shape index (κ1) is 17.6. The van der Waals surface area contributed by atoms with Crippen molar-refractivity contribution < 1.29 is 18.6 Å². The minimum atomic E-state index is -3.68. The van der Waals surface area contributed by atoms with Crippen LogP contribution in [0.3, 0.4) is 0 Å². The number of aliphatic hydroxyl groups excluding tert-OH is 2. The molecule has 0 bridgehead atoms. The highest BCUT2D eigenvalue weighted by Gasteiger charge is 2.23. The first-order valence-electron chi connectivity index (χ1n) is 6.72. The van der Waals surface area contributed by atoms with Crippen molar-refractivity contribution in [3.8, 4) is 11.8 Å². The second-order valence-corrected chi connectivity index (χ2v) is 6.25. The van der Waals surface area contributed by atoms with Gasteiger partial charge in [-0.2, -0.15) is 4.31 Å². The van der Waals surface area contributed by atoms with Crippen molar-refractivity contribution in [3.63, 3.8) is 0 Å². The summed E-state index contributed by atoms with van der Waals surface area (Å²) in [7, 11) is -3.68. The highest BCUT2D eigenvalue weighted by molar-refractivity contribution is 7.89. The van der Waals surface area contributed by atoms with Gasteiger partial charge >= 0.3 is 0 Å². The molecular weight excluding hydrogens is 292 g/mol. The zero-order valence-electron chi connectivity index (χ0n) is 12.0. The maximum atomic E-state index is 12.5. The van der Waals surface area contributed by atoms with Gasteiger partial charge in [-0.15, -0.1) is 0 Å². The van der Waals surface area contributed by atoms with Gasteiger partial charge in [0.15, 0.2) is 0 Å². The number of pyridine rings is 1. The van der Waals surface area contributed by atoms with Crippen LogP contribution in [0.15, 0.2) is 23.4 Å².